The van der Waals surface area contributed by atoms with Gasteiger partial charge in [0.1, 0.15) is 0 Å². The van der Waals surface area contributed by atoms with Crippen LogP contribution in [0.5, 0.6) is 0 Å². The van der Waals surface area contributed by atoms with Crippen molar-refractivity contribution in [3.05, 3.63) is 34.6 Å². The van der Waals surface area contributed by atoms with Crippen molar-refractivity contribution < 1.29 is 9.18 Å². The van der Waals surface area contributed by atoms with Crippen LogP contribution in [-0.4, -0.2) is 25.5 Å². The minimum absolute atomic E-state index is 0.00320. The van der Waals surface area contributed by atoms with Crippen molar-refractivity contribution in [2.45, 2.75) is 6.42 Å². The summed E-state index contributed by atoms with van der Waals surface area (Å²) in [4.78, 5) is 11.7. The van der Waals surface area contributed by atoms with E-state index in [9.17, 15) is 9.18 Å². The lowest BCUT2D eigenvalue weighted by atomic mass is 10.1. The molecular formula is C12H14ClFN2O. The molecule has 92 valence electrons. The van der Waals surface area contributed by atoms with Crippen molar-refractivity contribution in [2.24, 2.45) is 5.92 Å². The molecule has 1 aromatic rings. The van der Waals surface area contributed by atoms with Gasteiger partial charge in [-0.15, -0.1) is 0 Å². The van der Waals surface area contributed by atoms with E-state index < -0.39 is 11.7 Å². The van der Waals surface area contributed by atoms with Gasteiger partial charge in [-0.25, -0.2) is 4.39 Å². The van der Waals surface area contributed by atoms with Gasteiger partial charge in [0.15, 0.2) is 5.82 Å². The number of carbonyl (C=O) groups excluding carboxylic acids is 1. The number of amides is 1. The standard InChI is InChI=1S/C12H14ClFN2O/c13-10-3-1-2-9(11(10)14)12(17)16-7-8-4-5-15-6-8/h1-3,8,15H,4-7H2,(H,16,17). The Balaban J connectivity index is 1.97. The zero-order valence-corrected chi connectivity index (χ0v) is 10.1. The van der Waals surface area contributed by atoms with Gasteiger partial charge >= 0.3 is 0 Å². The molecule has 2 rings (SSSR count). The summed E-state index contributed by atoms with van der Waals surface area (Å²) in [5, 5.41) is 5.91. The SMILES string of the molecule is O=C(NCC1CCNC1)c1cccc(Cl)c1F. The fourth-order valence-corrected chi connectivity index (χ4v) is 2.07. The van der Waals surface area contributed by atoms with Crippen LogP contribution in [0.15, 0.2) is 18.2 Å². The van der Waals surface area contributed by atoms with E-state index in [1.165, 1.54) is 12.1 Å². The monoisotopic (exact) mass is 256 g/mol. The first-order valence-electron chi connectivity index (χ1n) is 5.61. The van der Waals surface area contributed by atoms with E-state index in [2.05, 4.69) is 10.6 Å². The molecule has 0 saturated carbocycles. The number of rotatable bonds is 3. The van der Waals surface area contributed by atoms with E-state index in [1.54, 1.807) is 6.07 Å². The van der Waals surface area contributed by atoms with Gasteiger partial charge in [0.25, 0.3) is 5.91 Å². The molecule has 1 aromatic carbocycles. The number of hydrogen-bond donors (Lipinski definition) is 2. The van der Waals surface area contributed by atoms with Crippen LogP contribution in [-0.2, 0) is 0 Å². The third-order valence-corrected chi connectivity index (χ3v) is 3.20. The molecule has 1 fully saturated rings. The Kier molecular flexibility index (Phi) is 3.97. The van der Waals surface area contributed by atoms with Crippen LogP contribution in [0.2, 0.25) is 5.02 Å². The Labute approximate surface area is 104 Å². The smallest absolute Gasteiger partial charge is 0.254 e. The van der Waals surface area contributed by atoms with Crippen LogP contribution in [0.1, 0.15) is 16.8 Å². The molecule has 1 aliphatic rings. The molecule has 5 heteroatoms. The zero-order valence-electron chi connectivity index (χ0n) is 9.30. The highest BCUT2D eigenvalue weighted by Gasteiger charge is 2.18. The second kappa shape index (κ2) is 5.47. The maximum Gasteiger partial charge on any atom is 0.254 e. The second-order valence-electron chi connectivity index (χ2n) is 4.17. The average molecular weight is 257 g/mol. The summed E-state index contributed by atoms with van der Waals surface area (Å²) >= 11 is 5.62. The summed E-state index contributed by atoms with van der Waals surface area (Å²) in [5.41, 5.74) is 0.00320. The summed E-state index contributed by atoms with van der Waals surface area (Å²) in [7, 11) is 0. The van der Waals surface area contributed by atoms with Crippen molar-refractivity contribution in [3.63, 3.8) is 0 Å². The molecule has 0 aliphatic carbocycles. The average Bonchev–Trinajstić information content (AvgIpc) is 2.82. The van der Waals surface area contributed by atoms with Crippen LogP contribution in [0, 0.1) is 11.7 Å². The minimum atomic E-state index is -0.656. The Bertz CT molecular complexity index is 419. The van der Waals surface area contributed by atoms with Crippen LogP contribution >= 0.6 is 11.6 Å². The van der Waals surface area contributed by atoms with E-state index in [4.69, 9.17) is 11.6 Å². The van der Waals surface area contributed by atoms with Gasteiger partial charge in [-0.05, 0) is 37.6 Å². The highest BCUT2D eigenvalue weighted by Crippen LogP contribution is 2.17. The molecule has 0 spiro atoms. The maximum absolute atomic E-state index is 13.5. The molecule has 0 bridgehead atoms. The molecule has 1 saturated heterocycles. The summed E-state index contributed by atoms with van der Waals surface area (Å²) in [6.45, 7) is 2.45. The third kappa shape index (κ3) is 2.96. The Morgan fingerprint density at radius 1 is 1.59 bits per heavy atom. The fourth-order valence-electron chi connectivity index (χ4n) is 1.90. The minimum Gasteiger partial charge on any atom is -0.352 e. The van der Waals surface area contributed by atoms with Crippen molar-refractivity contribution in [3.8, 4) is 0 Å². The summed E-state index contributed by atoms with van der Waals surface area (Å²) in [6.07, 6.45) is 1.04. The van der Waals surface area contributed by atoms with E-state index in [0.29, 0.717) is 12.5 Å². The largest absolute Gasteiger partial charge is 0.352 e. The topological polar surface area (TPSA) is 41.1 Å². The highest BCUT2D eigenvalue weighted by atomic mass is 35.5. The fraction of sp³-hybridized carbons (Fsp3) is 0.417. The van der Waals surface area contributed by atoms with Gasteiger partial charge in [0.05, 0.1) is 10.6 Å². The number of carbonyl (C=O) groups is 1. The molecule has 0 radical (unpaired) electrons. The molecule has 17 heavy (non-hydrogen) atoms. The van der Waals surface area contributed by atoms with Crippen LogP contribution in [0.25, 0.3) is 0 Å². The normalized spacial score (nSPS) is 19.3. The summed E-state index contributed by atoms with van der Waals surface area (Å²) in [6, 6.07) is 4.43. The van der Waals surface area contributed by atoms with E-state index >= 15 is 0 Å². The molecule has 1 unspecified atom stereocenters. The van der Waals surface area contributed by atoms with Gasteiger partial charge in [-0.1, -0.05) is 17.7 Å². The summed E-state index contributed by atoms with van der Waals surface area (Å²) < 4.78 is 13.5. The summed E-state index contributed by atoms with van der Waals surface area (Å²) in [5.74, 6) is -0.630. The molecule has 1 amide bonds. The molecule has 1 aliphatic heterocycles. The first-order valence-corrected chi connectivity index (χ1v) is 5.99. The predicted molar refractivity (Wildman–Crippen MR) is 64.7 cm³/mol. The number of hydrogen-bond acceptors (Lipinski definition) is 2. The first-order chi connectivity index (χ1) is 8.18. The van der Waals surface area contributed by atoms with Crippen molar-refractivity contribution in [1.82, 2.24) is 10.6 Å². The lowest BCUT2D eigenvalue weighted by molar-refractivity contribution is 0.0944. The molecule has 0 aromatic heterocycles. The van der Waals surface area contributed by atoms with E-state index in [0.717, 1.165) is 19.5 Å². The van der Waals surface area contributed by atoms with Gasteiger partial charge in [0, 0.05) is 6.54 Å². The Morgan fingerprint density at radius 3 is 3.12 bits per heavy atom. The molecule has 2 N–H and O–H groups in total. The van der Waals surface area contributed by atoms with Crippen LogP contribution < -0.4 is 10.6 Å². The van der Waals surface area contributed by atoms with E-state index in [1.807, 2.05) is 0 Å². The number of nitrogens with one attached hydrogen (secondary N) is 2. The van der Waals surface area contributed by atoms with Crippen molar-refractivity contribution >= 4 is 17.5 Å². The molecule has 1 heterocycles. The number of benzene rings is 1. The van der Waals surface area contributed by atoms with Gasteiger partial charge in [0.2, 0.25) is 0 Å². The highest BCUT2D eigenvalue weighted by molar-refractivity contribution is 6.31. The lowest BCUT2D eigenvalue weighted by Crippen LogP contribution is -2.30. The van der Waals surface area contributed by atoms with Crippen LogP contribution in [0.4, 0.5) is 4.39 Å². The molecular weight excluding hydrogens is 243 g/mol. The predicted octanol–water partition coefficient (Wildman–Crippen LogP) is 1.82. The number of halogens is 2. The van der Waals surface area contributed by atoms with Crippen LogP contribution in [0.3, 0.4) is 0 Å². The zero-order chi connectivity index (χ0) is 12.3. The Morgan fingerprint density at radius 2 is 2.41 bits per heavy atom. The molecule has 3 nitrogen and oxygen atoms in total. The van der Waals surface area contributed by atoms with E-state index in [-0.39, 0.29) is 10.6 Å². The van der Waals surface area contributed by atoms with Crippen molar-refractivity contribution in [1.29, 1.82) is 0 Å². The molecule has 1 atom stereocenters. The van der Waals surface area contributed by atoms with Gasteiger partial charge < -0.3 is 10.6 Å². The first kappa shape index (κ1) is 12.3. The van der Waals surface area contributed by atoms with Gasteiger partial charge in [-0.2, -0.15) is 0 Å². The quantitative estimate of drug-likeness (QED) is 0.866. The lowest BCUT2D eigenvalue weighted by Gasteiger charge is -2.10. The second-order valence-corrected chi connectivity index (χ2v) is 4.58. The maximum atomic E-state index is 13.5. The van der Waals surface area contributed by atoms with Crippen molar-refractivity contribution in [2.75, 3.05) is 19.6 Å². The van der Waals surface area contributed by atoms with Gasteiger partial charge in [-0.3, -0.25) is 4.79 Å². The third-order valence-electron chi connectivity index (χ3n) is 2.91. The Hall–Kier alpha value is -1.13.